The molecule has 0 atom stereocenters. The van der Waals surface area contributed by atoms with Gasteiger partial charge in [-0.15, -0.1) is 0 Å². The Morgan fingerprint density at radius 2 is 1.54 bits per heavy atom. The lowest BCUT2D eigenvalue weighted by Crippen LogP contribution is -2.11. The number of ketones is 1. The van der Waals surface area contributed by atoms with Gasteiger partial charge in [-0.1, -0.05) is 60.7 Å². The van der Waals surface area contributed by atoms with Gasteiger partial charge in [-0.2, -0.15) is 13.2 Å². The van der Waals surface area contributed by atoms with E-state index in [2.05, 4.69) is 6.07 Å². The third-order valence-electron chi connectivity index (χ3n) is 6.01. The predicted molar refractivity (Wildman–Crippen MR) is 127 cm³/mol. The van der Waals surface area contributed by atoms with Crippen LogP contribution >= 0.6 is 0 Å². The minimum absolute atomic E-state index is 0.103. The number of carbonyl (C=O) groups is 2. The fourth-order valence-corrected chi connectivity index (χ4v) is 4.39. The Kier molecular flexibility index (Phi) is 5.40. The number of rotatable bonds is 5. The van der Waals surface area contributed by atoms with Gasteiger partial charge in [0.15, 0.2) is 5.78 Å². The van der Waals surface area contributed by atoms with Gasteiger partial charge in [0.05, 0.1) is 16.6 Å². The van der Waals surface area contributed by atoms with Crippen molar-refractivity contribution >= 4 is 33.5 Å². The SMILES string of the molecule is NC(=O)c1cccc2c1c1[c]cc(C(F)(F)F)cc1n2Cc1ccccc1C(=O)c1ccccc1. The minimum atomic E-state index is -4.57. The van der Waals surface area contributed by atoms with Gasteiger partial charge in [0.25, 0.3) is 0 Å². The molecule has 4 aromatic carbocycles. The number of carbonyl (C=O) groups excluding carboxylic acids is 2. The van der Waals surface area contributed by atoms with Crippen LogP contribution in [0.4, 0.5) is 13.2 Å². The van der Waals surface area contributed by atoms with E-state index in [1.54, 1.807) is 65.2 Å². The van der Waals surface area contributed by atoms with Crippen molar-refractivity contribution in [3.05, 3.63) is 119 Å². The van der Waals surface area contributed by atoms with Crippen LogP contribution in [0.15, 0.2) is 84.9 Å². The molecule has 1 aromatic heterocycles. The van der Waals surface area contributed by atoms with Crippen molar-refractivity contribution in [2.75, 3.05) is 0 Å². The third-order valence-corrected chi connectivity index (χ3v) is 6.01. The van der Waals surface area contributed by atoms with Gasteiger partial charge in [-0.05, 0) is 35.9 Å². The highest BCUT2D eigenvalue weighted by Crippen LogP contribution is 2.37. The van der Waals surface area contributed by atoms with Crippen molar-refractivity contribution < 1.29 is 22.8 Å². The Morgan fingerprint density at radius 3 is 2.26 bits per heavy atom. The number of nitrogens with two attached hydrogens (primary N) is 1. The summed E-state index contributed by atoms with van der Waals surface area (Å²) in [6, 6.07) is 25.2. The Morgan fingerprint density at radius 1 is 0.857 bits per heavy atom. The summed E-state index contributed by atoms with van der Waals surface area (Å²) in [5, 5.41) is 0.782. The van der Waals surface area contributed by atoms with E-state index in [-0.39, 0.29) is 23.4 Å². The molecule has 0 aliphatic rings. The molecular formula is C28H18F3N2O2. The molecule has 4 nitrogen and oxygen atoms in total. The molecule has 1 heterocycles. The maximum Gasteiger partial charge on any atom is 0.416 e. The zero-order valence-electron chi connectivity index (χ0n) is 18.3. The normalized spacial score (nSPS) is 11.7. The summed E-state index contributed by atoms with van der Waals surface area (Å²) in [5.74, 6) is -0.884. The smallest absolute Gasteiger partial charge is 0.366 e. The molecule has 7 heteroatoms. The minimum Gasteiger partial charge on any atom is -0.366 e. The average Bonchev–Trinajstić information content (AvgIpc) is 3.17. The van der Waals surface area contributed by atoms with Gasteiger partial charge in [0.1, 0.15) is 0 Å². The molecular weight excluding hydrogens is 453 g/mol. The quantitative estimate of drug-likeness (QED) is 0.320. The molecule has 5 rings (SSSR count). The molecule has 173 valence electrons. The third kappa shape index (κ3) is 3.95. The van der Waals surface area contributed by atoms with Crippen LogP contribution in [0.5, 0.6) is 0 Å². The summed E-state index contributed by atoms with van der Waals surface area (Å²) in [6.07, 6.45) is -4.57. The summed E-state index contributed by atoms with van der Waals surface area (Å²) in [4.78, 5) is 25.4. The number of benzene rings is 4. The van der Waals surface area contributed by atoms with Gasteiger partial charge in [-0.3, -0.25) is 9.59 Å². The van der Waals surface area contributed by atoms with E-state index in [0.29, 0.717) is 33.0 Å². The van der Waals surface area contributed by atoms with Crippen molar-refractivity contribution in [2.45, 2.75) is 12.7 Å². The summed E-state index contributed by atoms with van der Waals surface area (Å²) in [6.45, 7) is 0.103. The van der Waals surface area contributed by atoms with Crippen LogP contribution in [0.1, 0.15) is 37.4 Å². The van der Waals surface area contributed by atoms with Crippen LogP contribution in [0.25, 0.3) is 21.8 Å². The molecule has 5 aromatic rings. The molecule has 0 unspecified atom stereocenters. The fraction of sp³-hybridized carbons (Fsp3) is 0.0714. The lowest BCUT2D eigenvalue weighted by Gasteiger charge is -2.13. The number of hydrogen-bond donors (Lipinski definition) is 1. The zero-order valence-corrected chi connectivity index (χ0v) is 18.3. The first kappa shape index (κ1) is 22.4. The highest BCUT2D eigenvalue weighted by atomic mass is 19.4. The van der Waals surface area contributed by atoms with Crippen molar-refractivity contribution in [3.63, 3.8) is 0 Å². The van der Waals surface area contributed by atoms with Crippen LogP contribution in [0.3, 0.4) is 0 Å². The summed E-state index contributed by atoms with van der Waals surface area (Å²) >= 11 is 0. The van der Waals surface area contributed by atoms with Crippen LogP contribution in [0, 0.1) is 6.07 Å². The zero-order chi connectivity index (χ0) is 24.7. The number of hydrogen-bond acceptors (Lipinski definition) is 2. The second-order valence-electron chi connectivity index (χ2n) is 8.15. The van der Waals surface area contributed by atoms with E-state index >= 15 is 0 Å². The van der Waals surface area contributed by atoms with Crippen molar-refractivity contribution in [1.29, 1.82) is 0 Å². The maximum atomic E-state index is 13.5. The Balaban J connectivity index is 1.75. The van der Waals surface area contributed by atoms with Crippen LogP contribution in [-0.2, 0) is 12.7 Å². The molecule has 35 heavy (non-hydrogen) atoms. The maximum absolute atomic E-state index is 13.5. The first-order valence-electron chi connectivity index (χ1n) is 10.8. The molecule has 0 spiro atoms. The number of fused-ring (bicyclic) bond motifs is 3. The average molecular weight is 471 g/mol. The molecule has 0 fully saturated rings. The van der Waals surface area contributed by atoms with E-state index in [1.807, 2.05) is 6.07 Å². The van der Waals surface area contributed by atoms with Gasteiger partial charge < -0.3 is 10.3 Å². The molecule has 0 bridgehead atoms. The highest BCUT2D eigenvalue weighted by Gasteiger charge is 2.31. The van der Waals surface area contributed by atoms with E-state index in [0.717, 1.165) is 12.1 Å². The van der Waals surface area contributed by atoms with Gasteiger partial charge in [-0.25, -0.2) is 0 Å². The number of halogens is 3. The lowest BCUT2D eigenvalue weighted by molar-refractivity contribution is -0.137. The second kappa shape index (κ2) is 8.43. The Hall–Kier alpha value is -4.39. The van der Waals surface area contributed by atoms with Crippen molar-refractivity contribution in [2.24, 2.45) is 5.73 Å². The van der Waals surface area contributed by atoms with E-state index in [9.17, 15) is 22.8 Å². The number of amides is 1. The number of aromatic nitrogens is 1. The van der Waals surface area contributed by atoms with Gasteiger partial charge in [0, 0.05) is 34.0 Å². The molecule has 0 saturated heterocycles. The topological polar surface area (TPSA) is 65.1 Å². The Bertz CT molecular complexity index is 1600. The predicted octanol–water partition coefficient (Wildman–Crippen LogP) is 5.99. The first-order chi connectivity index (χ1) is 16.8. The lowest BCUT2D eigenvalue weighted by atomic mass is 9.98. The van der Waals surface area contributed by atoms with Crippen LogP contribution in [0.2, 0.25) is 0 Å². The summed E-state index contributed by atoms with van der Waals surface area (Å²) in [5.41, 5.74) is 7.24. The summed E-state index contributed by atoms with van der Waals surface area (Å²) in [7, 11) is 0. The van der Waals surface area contributed by atoms with Gasteiger partial charge in [0.2, 0.25) is 5.91 Å². The van der Waals surface area contributed by atoms with E-state index in [1.165, 1.54) is 6.07 Å². The molecule has 0 aliphatic heterocycles. The number of primary amides is 1. The largest absolute Gasteiger partial charge is 0.416 e. The monoisotopic (exact) mass is 471 g/mol. The van der Waals surface area contributed by atoms with Crippen molar-refractivity contribution in [1.82, 2.24) is 4.57 Å². The van der Waals surface area contributed by atoms with Crippen LogP contribution < -0.4 is 5.73 Å². The Labute approximate surface area is 198 Å². The molecule has 2 N–H and O–H groups in total. The number of alkyl halides is 3. The molecule has 1 radical (unpaired) electrons. The highest BCUT2D eigenvalue weighted by molar-refractivity contribution is 6.18. The fourth-order valence-electron chi connectivity index (χ4n) is 4.39. The first-order valence-corrected chi connectivity index (χ1v) is 10.8. The number of nitrogens with zero attached hydrogens (tertiary/aromatic N) is 1. The second-order valence-corrected chi connectivity index (χ2v) is 8.15. The molecule has 0 saturated carbocycles. The molecule has 1 amide bonds. The standard InChI is InChI=1S/C28H18F3N2O2/c29-28(30,31)19-13-14-21-24(15-19)33(23-12-6-11-22(25(21)23)27(32)35)16-18-9-4-5-10-20(18)26(34)17-7-2-1-3-8-17/h1-13,15H,16H2,(H2,32,35). The van der Waals surface area contributed by atoms with Gasteiger partial charge >= 0.3 is 6.18 Å². The summed E-state index contributed by atoms with van der Waals surface area (Å²) < 4.78 is 42.3. The van der Waals surface area contributed by atoms with Crippen LogP contribution in [-0.4, -0.2) is 16.3 Å². The van der Waals surface area contributed by atoms with E-state index < -0.39 is 17.6 Å². The molecule has 0 aliphatic carbocycles. The van der Waals surface area contributed by atoms with E-state index in [4.69, 9.17) is 5.73 Å². The van der Waals surface area contributed by atoms with Crippen molar-refractivity contribution in [3.8, 4) is 0 Å².